The van der Waals surface area contributed by atoms with Crippen molar-refractivity contribution in [2.45, 2.75) is 58.8 Å². The van der Waals surface area contributed by atoms with Gasteiger partial charge in [-0.05, 0) is 55.4 Å². The predicted octanol–water partition coefficient (Wildman–Crippen LogP) is 4.00. The van der Waals surface area contributed by atoms with E-state index in [2.05, 4.69) is 31.3 Å². The standard InChI is InChI=1S/C16H23NO/c1-3-4-5-7-13-10-11-15-14(12(13)2)8-6-9-16(18)17-15/h10-11H,3-9H2,1-2H3,(H,17,18). The van der Waals surface area contributed by atoms with E-state index in [1.165, 1.54) is 42.4 Å². The summed E-state index contributed by atoms with van der Waals surface area (Å²) in [6.07, 6.45) is 7.65. The van der Waals surface area contributed by atoms with Crippen molar-refractivity contribution in [1.29, 1.82) is 0 Å². The largest absolute Gasteiger partial charge is 0.326 e. The zero-order chi connectivity index (χ0) is 13.0. The summed E-state index contributed by atoms with van der Waals surface area (Å²) in [5.74, 6) is 0.159. The average molecular weight is 245 g/mol. The molecule has 0 radical (unpaired) electrons. The van der Waals surface area contributed by atoms with Crippen molar-refractivity contribution in [3.63, 3.8) is 0 Å². The summed E-state index contributed by atoms with van der Waals surface area (Å²) in [4.78, 5) is 11.5. The monoisotopic (exact) mass is 245 g/mol. The predicted molar refractivity (Wildman–Crippen MR) is 76.0 cm³/mol. The van der Waals surface area contributed by atoms with Crippen molar-refractivity contribution in [3.05, 3.63) is 28.8 Å². The summed E-state index contributed by atoms with van der Waals surface area (Å²) < 4.78 is 0. The first kappa shape index (κ1) is 13.1. The third-order valence-electron chi connectivity index (χ3n) is 3.87. The van der Waals surface area contributed by atoms with E-state index in [9.17, 15) is 4.79 Å². The Bertz CT molecular complexity index is 437. The lowest BCUT2D eigenvalue weighted by Crippen LogP contribution is -2.09. The Morgan fingerprint density at radius 2 is 2.06 bits per heavy atom. The van der Waals surface area contributed by atoms with Crippen LogP contribution in [0, 0.1) is 6.92 Å². The number of rotatable bonds is 4. The molecule has 0 saturated carbocycles. The van der Waals surface area contributed by atoms with Gasteiger partial charge in [0.15, 0.2) is 0 Å². The number of aryl methyl sites for hydroxylation is 1. The molecule has 98 valence electrons. The molecule has 1 aliphatic heterocycles. The van der Waals surface area contributed by atoms with E-state index in [4.69, 9.17) is 0 Å². The minimum absolute atomic E-state index is 0.159. The number of nitrogens with one attached hydrogen (secondary N) is 1. The molecule has 1 aromatic carbocycles. The smallest absolute Gasteiger partial charge is 0.224 e. The van der Waals surface area contributed by atoms with Gasteiger partial charge in [-0.2, -0.15) is 0 Å². The Hall–Kier alpha value is -1.31. The van der Waals surface area contributed by atoms with E-state index >= 15 is 0 Å². The molecule has 0 unspecified atom stereocenters. The second kappa shape index (κ2) is 6.03. The molecule has 18 heavy (non-hydrogen) atoms. The van der Waals surface area contributed by atoms with Gasteiger partial charge in [0.25, 0.3) is 0 Å². The first-order valence-corrected chi connectivity index (χ1v) is 7.13. The first-order chi connectivity index (χ1) is 8.72. The van der Waals surface area contributed by atoms with Gasteiger partial charge in [0.1, 0.15) is 0 Å². The molecule has 0 atom stereocenters. The SMILES string of the molecule is CCCCCc1ccc2c(c1C)CCCC(=O)N2. The fourth-order valence-corrected chi connectivity index (χ4v) is 2.72. The van der Waals surface area contributed by atoms with Gasteiger partial charge in [-0.3, -0.25) is 4.79 Å². The maximum atomic E-state index is 11.5. The van der Waals surface area contributed by atoms with Crippen LogP contribution in [0.1, 0.15) is 55.7 Å². The summed E-state index contributed by atoms with van der Waals surface area (Å²) in [7, 11) is 0. The Balaban J connectivity index is 2.20. The van der Waals surface area contributed by atoms with E-state index in [0.29, 0.717) is 6.42 Å². The topological polar surface area (TPSA) is 29.1 Å². The summed E-state index contributed by atoms with van der Waals surface area (Å²) in [5, 5.41) is 3.02. The number of fused-ring (bicyclic) bond motifs is 1. The number of carbonyl (C=O) groups is 1. The van der Waals surface area contributed by atoms with Gasteiger partial charge in [0, 0.05) is 12.1 Å². The van der Waals surface area contributed by atoms with Crippen LogP contribution in [-0.4, -0.2) is 5.91 Å². The van der Waals surface area contributed by atoms with Crippen LogP contribution in [0.3, 0.4) is 0 Å². The molecule has 0 bridgehead atoms. The molecule has 0 aliphatic carbocycles. The fourth-order valence-electron chi connectivity index (χ4n) is 2.72. The van der Waals surface area contributed by atoms with E-state index in [1.807, 2.05) is 0 Å². The highest BCUT2D eigenvalue weighted by Crippen LogP contribution is 2.28. The van der Waals surface area contributed by atoms with Crippen LogP contribution in [0.4, 0.5) is 5.69 Å². The number of benzene rings is 1. The van der Waals surface area contributed by atoms with Gasteiger partial charge in [-0.15, -0.1) is 0 Å². The highest BCUT2D eigenvalue weighted by Gasteiger charge is 2.15. The van der Waals surface area contributed by atoms with E-state index in [-0.39, 0.29) is 5.91 Å². The third-order valence-corrected chi connectivity index (χ3v) is 3.87. The van der Waals surface area contributed by atoms with Gasteiger partial charge in [0.2, 0.25) is 5.91 Å². The molecule has 2 nitrogen and oxygen atoms in total. The molecule has 1 aromatic rings. The number of carbonyl (C=O) groups excluding carboxylic acids is 1. The molecule has 1 amide bonds. The zero-order valence-electron chi connectivity index (χ0n) is 11.5. The zero-order valence-corrected chi connectivity index (χ0v) is 11.5. The molecule has 0 fully saturated rings. The van der Waals surface area contributed by atoms with Crippen molar-refractivity contribution in [2.75, 3.05) is 5.32 Å². The van der Waals surface area contributed by atoms with E-state index in [1.54, 1.807) is 0 Å². The van der Waals surface area contributed by atoms with Gasteiger partial charge in [0.05, 0.1) is 0 Å². The lowest BCUT2D eigenvalue weighted by Gasteiger charge is -2.14. The average Bonchev–Trinajstić information content (AvgIpc) is 2.54. The van der Waals surface area contributed by atoms with E-state index in [0.717, 1.165) is 18.5 Å². The number of unbranched alkanes of at least 4 members (excludes halogenated alkanes) is 2. The Morgan fingerprint density at radius 1 is 1.22 bits per heavy atom. The Kier molecular flexibility index (Phi) is 4.40. The quantitative estimate of drug-likeness (QED) is 0.798. The number of hydrogen-bond donors (Lipinski definition) is 1. The lowest BCUT2D eigenvalue weighted by atomic mass is 9.94. The van der Waals surface area contributed by atoms with Crippen LogP contribution in [-0.2, 0) is 17.6 Å². The molecule has 0 saturated heterocycles. The molecular formula is C16H23NO. The molecule has 2 rings (SSSR count). The van der Waals surface area contributed by atoms with Gasteiger partial charge in [-0.25, -0.2) is 0 Å². The van der Waals surface area contributed by atoms with Crippen LogP contribution in [0.15, 0.2) is 12.1 Å². The highest BCUT2D eigenvalue weighted by atomic mass is 16.1. The fraction of sp³-hybridized carbons (Fsp3) is 0.562. The minimum Gasteiger partial charge on any atom is -0.326 e. The normalized spacial score (nSPS) is 14.9. The lowest BCUT2D eigenvalue weighted by molar-refractivity contribution is -0.116. The maximum absolute atomic E-state index is 11.5. The van der Waals surface area contributed by atoms with Crippen LogP contribution >= 0.6 is 0 Å². The summed E-state index contributed by atoms with van der Waals surface area (Å²) in [5.41, 5.74) is 5.24. The molecular weight excluding hydrogens is 222 g/mol. The van der Waals surface area contributed by atoms with Crippen LogP contribution in [0.5, 0.6) is 0 Å². The van der Waals surface area contributed by atoms with Crippen molar-refractivity contribution in [3.8, 4) is 0 Å². The maximum Gasteiger partial charge on any atom is 0.224 e. The molecule has 1 aliphatic rings. The molecule has 0 aromatic heterocycles. The second-order valence-corrected chi connectivity index (χ2v) is 5.23. The number of anilines is 1. The third kappa shape index (κ3) is 2.92. The summed E-state index contributed by atoms with van der Waals surface area (Å²) in [6, 6.07) is 4.28. The van der Waals surface area contributed by atoms with Crippen LogP contribution < -0.4 is 5.32 Å². The second-order valence-electron chi connectivity index (χ2n) is 5.23. The van der Waals surface area contributed by atoms with Crippen molar-refractivity contribution < 1.29 is 4.79 Å². The van der Waals surface area contributed by atoms with Gasteiger partial charge >= 0.3 is 0 Å². The highest BCUT2D eigenvalue weighted by molar-refractivity contribution is 5.92. The Labute approximate surface area is 110 Å². The number of amides is 1. The molecule has 0 spiro atoms. The van der Waals surface area contributed by atoms with Gasteiger partial charge < -0.3 is 5.32 Å². The Morgan fingerprint density at radius 3 is 2.83 bits per heavy atom. The van der Waals surface area contributed by atoms with Crippen molar-refractivity contribution in [2.24, 2.45) is 0 Å². The first-order valence-electron chi connectivity index (χ1n) is 7.13. The summed E-state index contributed by atoms with van der Waals surface area (Å²) >= 11 is 0. The molecule has 1 heterocycles. The minimum atomic E-state index is 0.159. The van der Waals surface area contributed by atoms with Gasteiger partial charge in [-0.1, -0.05) is 25.8 Å². The van der Waals surface area contributed by atoms with Crippen LogP contribution in [0.25, 0.3) is 0 Å². The van der Waals surface area contributed by atoms with Crippen molar-refractivity contribution >= 4 is 11.6 Å². The van der Waals surface area contributed by atoms with Crippen molar-refractivity contribution in [1.82, 2.24) is 0 Å². The molecule has 2 heteroatoms. The van der Waals surface area contributed by atoms with Crippen LogP contribution in [0.2, 0.25) is 0 Å². The van der Waals surface area contributed by atoms with E-state index < -0.39 is 0 Å². The molecule has 1 N–H and O–H groups in total. The summed E-state index contributed by atoms with van der Waals surface area (Å²) in [6.45, 7) is 4.44. The number of hydrogen-bond acceptors (Lipinski definition) is 1.